The van der Waals surface area contributed by atoms with Crippen LogP contribution in [0.25, 0.3) is 0 Å². The van der Waals surface area contributed by atoms with Crippen LogP contribution in [0.5, 0.6) is 0 Å². The van der Waals surface area contributed by atoms with Gasteiger partial charge in [-0.1, -0.05) is 0 Å². The quantitative estimate of drug-likeness (QED) is 0.687. The Balaban J connectivity index is 2.52. The van der Waals surface area contributed by atoms with Crippen LogP contribution in [-0.2, 0) is 9.53 Å². The summed E-state index contributed by atoms with van der Waals surface area (Å²) in [4.78, 5) is 11.0. The molecular formula is C7H9F3N2O2. The standard InChI is InChI=1S/C7H9F3N2O2/c1-2-14-6(13)4-3-5(12-11-4)7(8,9)10/h5,12H,2-3H2,1H3/t5-/m0/s1. The first kappa shape index (κ1) is 10.8. The Hall–Kier alpha value is -1.27. The van der Waals surface area contributed by atoms with Crippen LogP contribution in [0.1, 0.15) is 13.3 Å². The summed E-state index contributed by atoms with van der Waals surface area (Å²) in [5, 5.41) is 3.27. The van der Waals surface area contributed by atoms with Crippen molar-refractivity contribution in [3.8, 4) is 0 Å². The van der Waals surface area contributed by atoms with Gasteiger partial charge in [0.05, 0.1) is 6.61 Å². The van der Waals surface area contributed by atoms with Crippen LogP contribution >= 0.6 is 0 Å². The number of hydrogen-bond donors (Lipinski definition) is 1. The van der Waals surface area contributed by atoms with Crippen molar-refractivity contribution in [3.05, 3.63) is 0 Å². The van der Waals surface area contributed by atoms with E-state index < -0.39 is 24.6 Å². The fraction of sp³-hybridized carbons (Fsp3) is 0.714. The van der Waals surface area contributed by atoms with Crippen molar-refractivity contribution in [1.82, 2.24) is 5.43 Å². The molecule has 0 aromatic carbocycles. The first-order valence-corrected chi connectivity index (χ1v) is 4.01. The molecule has 7 heteroatoms. The molecule has 0 saturated carbocycles. The first-order chi connectivity index (χ1) is 6.45. The summed E-state index contributed by atoms with van der Waals surface area (Å²) in [5.41, 5.74) is 1.63. The van der Waals surface area contributed by atoms with Crippen LogP contribution in [0.4, 0.5) is 13.2 Å². The van der Waals surface area contributed by atoms with Gasteiger partial charge in [-0.3, -0.25) is 5.43 Å². The molecule has 0 spiro atoms. The summed E-state index contributed by atoms with van der Waals surface area (Å²) in [6.07, 6.45) is -4.86. The summed E-state index contributed by atoms with van der Waals surface area (Å²) >= 11 is 0. The van der Waals surface area contributed by atoms with Gasteiger partial charge in [0.25, 0.3) is 0 Å². The highest BCUT2D eigenvalue weighted by Gasteiger charge is 2.44. The Morgan fingerprint density at radius 2 is 2.36 bits per heavy atom. The zero-order valence-electron chi connectivity index (χ0n) is 7.39. The number of ether oxygens (including phenoxy) is 1. The van der Waals surface area contributed by atoms with Crippen LogP contribution in [0, 0.1) is 0 Å². The van der Waals surface area contributed by atoms with E-state index in [9.17, 15) is 18.0 Å². The third kappa shape index (κ3) is 2.36. The number of carbonyl (C=O) groups is 1. The first-order valence-electron chi connectivity index (χ1n) is 4.01. The monoisotopic (exact) mass is 210 g/mol. The zero-order valence-corrected chi connectivity index (χ0v) is 7.39. The van der Waals surface area contributed by atoms with Crippen LogP contribution in [0.15, 0.2) is 5.10 Å². The number of hydrazone groups is 1. The minimum Gasteiger partial charge on any atom is -0.461 e. The molecule has 0 radical (unpaired) electrons. The maximum Gasteiger partial charge on any atom is 0.410 e. The van der Waals surface area contributed by atoms with Crippen molar-refractivity contribution in [2.75, 3.05) is 6.61 Å². The maximum atomic E-state index is 12.1. The molecule has 0 aromatic rings. The molecule has 0 bridgehead atoms. The molecule has 14 heavy (non-hydrogen) atoms. The average molecular weight is 210 g/mol. The van der Waals surface area contributed by atoms with Gasteiger partial charge in [-0.25, -0.2) is 4.79 Å². The Morgan fingerprint density at radius 3 is 2.79 bits per heavy atom. The minimum atomic E-state index is -4.39. The second kappa shape index (κ2) is 3.85. The van der Waals surface area contributed by atoms with Crippen LogP contribution in [0.2, 0.25) is 0 Å². The lowest BCUT2D eigenvalue weighted by atomic mass is 10.1. The topological polar surface area (TPSA) is 50.7 Å². The largest absolute Gasteiger partial charge is 0.461 e. The van der Waals surface area contributed by atoms with Gasteiger partial charge >= 0.3 is 12.1 Å². The molecule has 1 aliphatic heterocycles. The third-order valence-corrected chi connectivity index (χ3v) is 1.66. The maximum absolute atomic E-state index is 12.1. The van der Waals surface area contributed by atoms with E-state index in [4.69, 9.17) is 0 Å². The average Bonchev–Trinajstić information content (AvgIpc) is 2.51. The molecular weight excluding hydrogens is 201 g/mol. The van der Waals surface area contributed by atoms with E-state index in [-0.39, 0.29) is 12.3 Å². The number of nitrogens with one attached hydrogen (secondary N) is 1. The molecule has 1 N–H and O–H groups in total. The summed E-state index contributed by atoms with van der Waals surface area (Å²) in [6.45, 7) is 1.69. The molecule has 80 valence electrons. The van der Waals surface area contributed by atoms with Crippen LogP contribution < -0.4 is 5.43 Å². The molecule has 1 atom stereocenters. The second-order valence-corrected chi connectivity index (χ2v) is 2.71. The summed E-state index contributed by atoms with van der Waals surface area (Å²) in [6, 6.07) is -1.78. The van der Waals surface area contributed by atoms with E-state index in [2.05, 4.69) is 9.84 Å². The van der Waals surface area contributed by atoms with Gasteiger partial charge < -0.3 is 4.74 Å². The Morgan fingerprint density at radius 1 is 1.71 bits per heavy atom. The van der Waals surface area contributed by atoms with Gasteiger partial charge in [0.15, 0.2) is 0 Å². The summed E-state index contributed by atoms with van der Waals surface area (Å²) in [7, 11) is 0. The molecule has 0 fully saturated rings. The lowest BCUT2D eigenvalue weighted by Crippen LogP contribution is -2.36. The number of carbonyl (C=O) groups excluding carboxylic acids is 1. The molecule has 0 unspecified atom stereocenters. The molecule has 1 heterocycles. The number of hydrogen-bond acceptors (Lipinski definition) is 4. The summed E-state index contributed by atoms with van der Waals surface area (Å²) < 4.78 is 40.8. The van der Waals surface area contributed by atoms with Crippen molar-refractivity contribution < 1.29 is 22.7 Å². The van der Waals surface area contributed by atoms with Crippen LogP contribution in [0.3, 0.4) is 0 Å². The van der Waals surface area contributed by atoms with E-state index in [0.29, 0.717) is 0 Å². The van der Waals surface area contributed by atoms with E-state index in [1.165, 1.54) is 0 Å². The number of rotatable bonds is 2. The predicted molar refractivity (Wildman–Crippen MR) is 41.7 cm³/mol. The van der Waals surface area contributed by atoms with Gasteiger partial charge in [-0.2, -0.15) is 18.3 Å². The van der Waals surface area contributed by atoms with Crippen molar-refractivity contribution in [2.45, 2.75) is 25.6 Å². The lowest BCUT2D eigenvalue weighted by molar-refractivity contribution is -0.152. The smallest absolute Gasteiger partial charge is 0.410 e. The molecule has 0 aromatic heterocycles. The van der Waals surface area contributed by atoms with Gasteiger partial charge in [-0.05, 0) is 6.92 Å². The number of nitrogens with zero attached hydrogens (tertiary/aromatic N) is 1. The third-order valence-electron chi connectivity index (χ3n) is 1.66. The SMILES string of the molecule is CCOC(=O)C1=NN[C@H](C(F)(F)F)C1. The second-order valence-electron chi connectivity index (χ2n) is 2.71. The van der Waals surface area contributed by atoms with Crippen molar-refractivity contribution in [1.29, 1.82) is 0 Å². The Kier molecular flexibility index (Phi) is 2.97. The fourth-order valence-electron chi connectivity index (χ4n) is 0.973. The van der Waals surface area contributed by atoms with Gasteiger partial charge in [0.2, 0.25) is 0 Å². The Labute approximate surface area is 78.1 Å². The molecule has 0 aliphatic carbocycles. The molecule has 4 nitrogen and oxygen atoms in total. The van der Waals surface area contributed by atoms with Crippen LogP contribution in [-0.4, -0.2) is 30.5 Å². The Bertz CT molecular complexity index is 262. The van der Waals surface area contributed by atoms with Crippen molar-refractivity contribution in [3.63, 3.8) is 0 Å². The fourth-order valence-corrected chi connectivity index (χ4v) is 0.973. The summed E-state index contributed by atoms with van der Waals surface area (Å²) in [5.74, 6) is -0.799. The van der Waals surface area contributed by atoms with Gasteiger partial charge in [-0.15, -0.1) is 0 Å². The highest BCUT2D eigenvalue weighted by Crippen LogP contribution is 2.25. The molecule has 1 aliphatic rings. The highest BCUT2D eigenvalue weighted by atomic mass is 19.4. The lowest BCUT2D eigenvalue weighted by Gasteiger charge is -2.12. The zero-order chi connectivity index (χ0) is 10.8. The van der Waals surface area contributed by atoms with E-state index in [1.807, 2.05) is 5.43 Å². The van der Waals surface area contributed by atoms with E-state index >= 15 is 0 Å². The van der Waals surface area contributed by atoms with E-state index in [0.717, 1.165) is 0 Å². The number of alkyl halides is 3. The molecule has 0 amide bonds. The number of halogens is 3. The normalized spacial score (nSPS) is 21.4. The van der Waals surface area contributed by atoms with Crippen molar-refractivity contribution in [2.24, 2.45) is 5.10 Å². The molecule has 0 saturated heterocycles. The van der Waals surface area contributed by atoms with Gasteiger partial charge in [0.1, 0.15) is 11.8 Å². The highest BCUT2D eigenvalue weighted by molar-refractivity contribution is 6.36. The predicted octanol–water partition coefficient (Wildman–Crippen LogP) is 0.830. The molecule has 1 rings (SSSR count). The number of esters is 1. The van der Waals surface area contributed by atoms with Crippen molar-refractivity contribution >= 4 is 11.7 Å². The van der Waals surface area contributed by atoms with Gasteiger partial charge in [0, 0.05) is 6.42 Å². The minimum absolute atomic E-state index is 0.120. The van der Waals surface area contributed by atoms with E-state index in [1.54, 1.807) is 6.92 Å².